The van der Waals surface area contributed by atoms with Crippen LogP contribution in [0.4, 0.5) is 0 Å². The fourth-order valence-corrected chi connectivity index (χ4v) is 1.78. The largest absolute Gasteiger partial charge is 0.324 e. The number of benzene rings is 2. The second kappa shape index (κ2) is 5.65. The zero-order valence-corrected chi connectivity index (χ0v) is 10.9. The van der Waals surface area contributed by atoms with E-state index in [9.17, 15) is 0 Å². The lowest BCUT2D eigenvalue weighted by molar-refractivity contribution is 0.818. The molecule has 0 aliphatic carbocycles. The molecule has 0 fully saturated rings. The van der Waals surface area contributed by atoms with Crippen molar-refractivity contribution in [1.82, 2.24) is 0 Å². The highest BCUT2D eigenvalue weighted by atomic mass is 14.6. The van der Waals surface area contributed by atoms with Crippen LogP contribution in [0.2, 0.25) is 0 Å². The standard InChI is InChI=1S/C17H19N/c1-13-3-5-15(6-4-13)7-8-16-9-11-17(12-10-16)14(2)18/h3-12,14H,18H2,1-2H3/b8-7+. The minimum Gasteiger partial charge on any atom is -0.324 e. The quantitative estimate of drug-likeness (QED) is 0.796. The predicted octanol–water partition coefficient (Wildman–Crippen LogP) is 4.19. The van der Waals surface area contributed by atoms with E-state index < -0.39 is 0 Å². The van der Waals surface area contributed by atoms with Gasteiger partial charge in [0.15, 0.2) is 0 Å². The van der Waals surface area contributed by atoms with Crippen LogP contribution in [-0.4, -0.2) is 0 Å². The summed E-state index contributed by atoms with van der Waals surface area (Å²) >= 11 is 0. The Morgan fingerprint density at radius 1 is 0.833 bits per heavy atom. The topological polar surface area (TPSA) is 26.0 Å². The van der Waals surface area contributed by atoms with Crippen molar-refractivity contribution in [3.05, 3.63) is 70.8 Å². The van der Waals surface area contributed by atoms with Crippen LogP contribution in [0.5, 0.6) is 0 Å². The summed E-state index contributed by atoms with van der Waals surface area (Å²) in [5, 5.41) is 0. The van der Waals surface area contributed by atoms with Crippen LogP contribution in [0.1, 0.15) is 35.2 Å². The Hall–Kier alpha value is -1.86. The Balaban J connectivity index is 2.11. The molecule has 1 heteroatoms. The van der Waals surface area contributed by atoms with Crippen molar-refractivity contribution in [1.29, 1.82) is 0 Å². The summed E-state index contributed by atoms with van der Waals surface area (Å²) in [6.07, 6.45) is 4.25. The van der Waals surface area contributed by atoms with Crippen molar-refractivity contribution in [3.63, 3.8) is 0 Å². The SMILES string of the molecule is Cc1ccc(/C=C/c2ccc(C(C)N)cc2)cc1. The van der Waals surface area contributed by atoms with Crippen LogP contribution in [0, 0.1) is 6.92 Å². The zero-order chi connectivity index (χ0) is 13.0. The van der Waals surface area contributed by atoms with E-state index in [2.05, 4.69) is 67.6 Å². The van der Waals surface area contributed by atoms with Crippen molar-refractivity contribution in [2.75, 3.05) is 0 Å². The fourth-order valence-electron chi connectivity index (χ4n) is 1.78. The molecule has 0 heterocycles. The first-order chi connectivity index (χ1) is 8.65. The summed E-state index contributed by atoms with van der Waals surface area (Å²) in [6, 6.07) is 17.0. The molecule has 0 radical (unpaired) electrons. The molecule has 2 rings (SSSR count). The van der Waals surface area contributed by atoms with E-state index in [4.69, 9.17) is 5.73 Å². The van der Waals surface area contributed by atoms with Gasteiger partial charge in [-0.15, -0.1) is 0 Å². The van der Waals surface area contributed by atoms with Gasteiger partial charge in [0.1, 0.15) is 0 Å². The summed E-state index contributed by atoms with van der Waals surface area (Å²) in [7, 11) is 0. The van der Waals surface area contributed by atoms with Gasteiger partial charge in [0, 0.05) is 6.04 Å². The number of hydrogen-bond donors (Lipinski definition) is 1. The average Bonchev–Trinajstić information content (AvgIpc) is 2.38. The predicted molar refractivity (Wildman–Crippen MR) is 79.2 cm³/mol. The minimum absolute atomic E-state index is 0.0973. The summed E-state index contributed by atoms with van der Waals surface area (Å²) in [4.78, 5) is 0. The molecule has 2 aromatic carbocycles. The summed E-state index contributed by atoms with van der Waals surface area (Å²) < 4.78 is 0. The molecule has 0 aliphatic rings. The van der Waals surface area contributed by atoms with E-state index in [1.807, 2.05) is 6.92 Å². The lowest BCUT2D eigenvalue weighted by atomic mass is 10.1. The van der Waals surface area contributed by atoms with Gasteiger partial charge in [-0.05, 0) is 30.5 Å². The third kappa shape index (κ3) is 3.31. The Labute approximate surface area is 109 Å². The highest BCUT2D eigenvalue weighted by Gasteiger charge is 1.97. The Morgan fingerprint density at radius 2 is 1.28 bits per heavy atom. The maximum atomic E-state index is 5.82. The van der Waals surface area contributed by atoms with Gasteiger partial charge in [0.05, 0.1) is 0 Å². The van der Waals surface area contributed by atoms with Gasteiger partial charge >= 0.3 is 0 Å². The minimum atomic E-state index is 0.0973. The highest BCUT2D eigenvalue weighted by molar-refractivity contribution is 5.69. The zero-order valence-electron chi connectivity index (χ0n) is 10.9. The van der Waals surface area contributed by atoms with Gasteiger partial charge in [-0.25, -0.2) is 0 Å². The lowest BCUT2D eigenvalue weighted by Crippen LogP contribution is -2.04. The third-order valence-corrected chi connectivity index (χ3v) is 3.01. The highest BCUT2D eigenvalue weighted by Crippen LogP contribution is 2.13. The lowest BCUT2D eigenvalue weighted by Gasteiger charge is -2.04. The molecule has 1 unspecified atom stereocenters. The van der Waals surface area contributed by atoms with E-state index in [1.54, 1.807) is 0 Å². The van der Waals surface area contributed by atoms with Crippen molar-refractivity contribution < 1.29 is 0 Å². The second-order valence-electron chi connectivity index (χ2n) is 4.70. The Bertz CT molecular complexity index is 519. The van der Waals surface area contributed by atoms with Crippen molar-refractivity contribution in [2.24, 2.45) is 5.73 Å². The molecule has 0 amide bonds. The second-order valence-corrected chi connectivity index (χ2v) is 4.70. The number of aryl methyl sites for hydroxylation is 1. The molecule has 1 nitrogen and oxygen atoms in total. The molecule has 0 saturated heterocycles. The Morgan fingerprint density at radius 3 is 1.72 bits per heavy atom. The van der Waals surface area contributed by atoms with Crippen molar-refractivity contribution in [3.8, 4) is 0 Å². The third-order valence-electron chi connectivity index (χ3n) is 3.01. The normalized spacial score (nSPS) is 12.8. The summed E-state index contributed by atoms with van der Waals surface area (Å²) in [5.74, 6) is 0. The summed E-state index contributed by atoms with van der Waals surface area (Å²) in [5.41, 5.74) is 10.7. The first-order valence-electron chi connectivity index (χ1n) is 6.25. The van der Waals surface area contributed by atoms with Gasteiger partial charge in [-0.3, -0.25) is 0 Å². The van der Waals surface area contributed by atoms with E-state index >= 15 is 0 Å². The number of nitrogens with two attached hydrogens (primary N) is 1. The molecule has 18 heavy (non-hydrogen) atoms. The van der Waals surface area contributed by atoms with Gasteiger partial charge < -0.3 is 5.73 Å². The van der Waals surface area contributed by atoms with E-state index in [0.29, 0.717) is 0 Å². The van der Waals surface area contributed by atoms with Crippen LogP contribution in [-0.2, 0) is 0 Å². The van der Waals surface area contributed by atoms with Crippen LogP contribution < -0.4 is 5.73 Å². The first kappa shape index (κ1) is 12.6. The average molecular weight is 237 g/mol. The Kier molecular flexibility index (Phi) is 3.96. The molecule has 92 valence electrons. The molecule has 0 aliphatic heterocycles. The maximum Gasteiger partial charge on any atom is 0.0266 e. The monoisotopic (exact) mass is 237 g/mol. The van der Waals surface area contributed by atoms with Crippen LogP contribution >= 0.6 is 0 Å². The van der Waals surface area contributed by atoms with E-state index in [-0.39, 0.29) is 6.04 Å². The van der Waals surface area contributed by atoms with Gasteiger partial charge in [-0.1, -0.05) is 66.2 Å². The first-order valence-corrected chi connectivity index (χ1v) is 6.25. The number of rotatable bonds is 3. The van der Waals surface area contributed by atoms with Gasteiger partial charge in [0.25, 0.3) is 0 Å². The molecule has 0 bridgehead atoms. The summed E-state index contributed by atoms with van der Waals surface area (Å²) in [6.45, 7) is 4.09. The van der Waals surface area contributed by atoms with Gasteiger partial charge in [-0.2, -0.15) is 0 Å². The van der Waals surface area contributed by atoms with Crippen molar-refractivity contribution in [2.45, 2.75) is 19.9 Å². The smallest absolute Gasteiger partial charge is 0.0266 e. The molecule has 2 aromatic rings. The van der Waals surface area contributed by atoms with Gasteiger partial charge in [0.2, 0.25) is 0 Å². The van der Waals surface area contributed by atoms with E-state index in [0.717, 1.165) is 0 Å². The number of hydrogen-bond acceptors (Lipinski definition) is 1. The molecule has 1 atom stereocenters. The van der Waals surface area contributed by atoms with Crippen molar-refractivity contribution >= 4 is 12.2 Å². The molecule has 2 N–H and O–H groups in total. The molecule has 0 saturated carbocycles. The molecule has 0 aromatic heterocycles. The maximum absolute atomic E-state index is 5.82. The van der Waals surface area contributed by atoms with Crippen LogP contribution in [0.15, 0.2) is 48.5 Å². The molecular formula is C17H19N. The molecule has 0 spiro atoms. The van der Waals surface area contributed by atoms with Crippen LogP contribution in [0.3, 0.4) is 0 Å². The molecular weight excluding hydrogens is 218 g/mol. The van der Waals surface area contributed by atoms with Crippen LogP contribution in [0.25, 0.3) is 12.2 Å². The van der Waals surface area contributed by atoms with E-state index in [1.165, 1.54) is 22.3 Å². The fraction of sp³-hybridized carbons (Fsp3) is 0.176.